The number of aliphatic hydroxyl groups excluding tert-OH is 4. The van der Waals surface area contributed by atoms with E-state index < -0.39 is 132 Å². The average molecular weight is 627 g/mol. The van der Waals surface area contributed by atoms with Crippen molar-refractivity contribution in [2.24, 2.45) is 10.8 Å². The summed E-state index contributed by atoms with van der Waals surface area (Å²) in [6.45, 7) is 9.35. The van der Waals surface area contributed by atoms with Crippen molar-refractivity contribution < 1.29 is 59.7 Å². The summed E-state index contributed by atoms with van der Waals surface area (Å²) in [4.78, 5) is 64.0. The number of Topliss-reactive ketones (excluding diaryl/α,β-unsaturated/α-hetero) is 5. The predicted molar refractivity (Wildman–Crippen MR) is 160 cm³/mol. The first-order valence-corrected chi connectivity index (χ1v) is 14.4. The van der Waals surface area contributed by atoms with Crippen molar-refractivity contribution in [3.8, 4) is 17.2 Å². The molecule has 0 saturated heterocycles. The van der Waals surface area contributed by atoms with E-state index in [0.29, 0.717) is 0 Å². The Balaban J connectivity index is 2.40. The van der Waals surface area contributed by atoms with Gasteiger partial charge in [-0.05, 0) is 41.0 Å². The molecule has 2 aliphatic carbocycles. The van der Waals surface area contributed by atoms with Gasteiger partial charge in [-0.3, -0.25) is 24.0 Å². The number of carbonyl (C=O) groups excluding carboxylic acids is 5. The van der Waals surface area contributed by atoms with E-state index >= 15 is 0 Å². The molecule has 0 saturated carbocycles. The van der Waals surface area contributed by atoms with Crippen molar-refractivity contribution in [3.05, 3.63) is 62.0 Å². The Morgan fingerprint density at radius 3 is 1.40 bits per heavy atom. The summed E-state index contributed by atoms with van der Waals surface area (Å²) in [5.41, 5.74) is -7.14. The zero-order valence-electron chi connectivity index (χ0n) is 26.2. The molecule has 2 aliphatic rings. The van der Waals surface area contributed by atoms with Crippen molar-refractivity contribution >= 4 is 28.9 Å². The van der Waals surface area contributed by atoms with Crippen LogP contribution in [0.3, 0.4) is 0 Å². The number of rotatable bonds is 10. The third-order valence-corrected chi connectivity index (χ3v) is 8.42. The molecule has 1 aromatic carbocycles. The highest BCUT2D eigenvalue weighted by Crippen LogP contribution is 2.49. The number of hydrogen-bond donors (Lipinski definition) is 7. The standard InChI is InChI=1S/C33H38O12/c1-8-10-19(36)21-24(38)14(11-16-26(40)20(13(3)34)30(44)32(4,5)28(16)42)23(37)15(25(21)39)12-17-27(41)22(18(35)9-2)31(45)33(6,7)29(17)43/h37-43H,8-12H2,1-7H3. The van der Waals surface area contributed by atoms with E-state index in [9.17, 15) is 59.7 Å². The summed E-state index contributed by atoms with van der Waals surface area (Å²) in [5, 5.41) is 77.9. The lowest BCUT2D eigenvalue weighted by Gasteiger charge is -2.32. The lowest BCUT2D eigenvalue weighted by Crippen LogP contribution is -2.36. The lowest BCUT2D eigenvalue weighted by molar-refractivity contribution is -0.128. The van der Waals surface area contributed by atoms with E-state index in [4.69, 9.17) is 0 Å². The molecular weight excluding hydrogens is 588 g/mol. The molecule has 0 bridgehead atoms. The molecule has 1 aromatic rings. The molecule has 3 rings (SSSR count). The van der Waals surface area contributed by atoms with E-state index in [1.807, 2.05) is 0 Å². The fraction of sp³-hybridized carbons (Fsp3) is 0.424. The van der Waals surface area contributed by atoms with Crippen molar-refractivity contribution in [1.82, 2.24) is 0 Å². The summed E-state index contributed by atoms with van der Waals surface area (Å²) in [5.74, 6) is -9.91. The predicted octanol–water partition coefficient (Wildman–Crippen LogP) is 4.91. The number of phenols is 3. The second kappa shape index (κ2) is 11.9. The summed E-state index contributed by atoms with van der Waals surface area (Å²) in [6.07, 6.45) is -1.55. The number of phenolic OH excluding ortho intramolecular Hbond substituents is 3. The van der Waals surface area contributed by atoms with Crippen LogP contribution >= 0.6 is 0 Å². The Kier molecular flexibility index (Phi) is 9.16. The number of hydrogen-bond acceptors (Lipinski definition) is 12. The molecule has 0 radical (unpaired) electrons. The second-order valence-electron chi connectivity index (χ2n) is 12.2. The van der Waals surface area contributed by atoms with Crippen LogP contribution in [0, 0.1) is 10.8 Å². The molecule has 242 valence electrons. The summed E-state index contributed by atoms with van der Waals surface area (Å²) < 4.78 is 0. The van der Waals surface area contributed by atoms with Crippen LogP contribution < -0.4 is 0 Å². The van der Waals surface area contributed by atoms with Gasteiger partial charge in [0.25, 0.3) is 0 Å². The third kappa shape index (κ3) is 5.38. The molecule has 45 heavy (non-hydrogen) atoms. The van der Waals surface area contributed by atoms with Crippen LogP contribution in [0.15, 0.2) is 45.3 Å². The lowest BCUT2D eigenvalue weighted by atomic mass is 9.72. The van der Waals surface area contributed by atoms with E-state index in [2.05, 4.69) is 0 Å². The molecule has 0 aromatic heterocycles. The Morgan fingerprint density at radius 2 is 1.02 bits per heavy atom. The maximum atomic E-state index is 13.1. The Hall–Kier alpha value is -4.87. The first-order valence-electron chi connectivity index (χ1n) is 14.4. The molecule has 12 nitrogen and oxygen atoms in total. The van der Waals surface area contributed by atoms with Crippen LogP contribution in [-0.4, -0.2) is 64.7 Å². The molecule has 0 spiro atoms. The fourth-order valence-corrected chi connectivity index (χ4v) is 5.56. The zero-order chi connectivity index (χ0) is 34.5. The van der Waals surface area contributed by atoms with Crippen molar-refractivity contribution in [3.63, 3.8) is 0 Å². The van der Waals surface area contributed by atoms with Gasteiger partial charge in [0.1, 0.15) is 57.0 Å². The first kappa shape index (κ1) is 34.6. The third-order valence-electron chi connectivity index (χ3n) is 8.42. The number of ketones is 5. The number of allylic oxidation sites excluding steroid dienone is 6. The van der Waals surface area contributed by atoms with Crippen LogP contribution in [0.5, 0.6) is 17.2 Å². The Labute approximate surface area is 259 Å². The van der Waals surface area contributed by atoms with Gasteiger partial charge in [-0.25, -0.2) is 0 Å². The van der Waals surface area contributed by atoms with Gasteiger partial charge in [0.2, 0.25) is 0 Å². The zero-order valence-corrected chi connectivity index (χ0v) is 26.2. The van der Waals surface area contributed by atoms with Crippen LogP contribution in [0.25, 0.3) is 0 Å². The van der Waals surface area contributed by atoms with Crippen LogP contribution in [0.2, 0.25) is 0 Å². The van der Waals surface area contributed by atoms with Gasteiger partial charge in [0, 0.05) is 48.0 Å². The van der Waals surface area contributed by atoms with Crippen molar-refractivity contribution in [2.75, 3.05) is 0 Å². The molecule has 0 atom stereocenters. The molecule has 7 N–H and O–H groups in total. The largest absolute Gasteiger partial charge is 0.511 e. The number of aromatic hydroxyl groups is 3. The maximum absolute atomic E-state index is 13.1. The highest BCUT2D eigenvalue weighted by Gasteiger charge is 2.47. The molecule has 12 heteroatoms. The molecule has 0 unspecified atom stereocenters. The van der Waals surface area contributed by atoms with Gasteiger partial charge in [-0.15, -0.1) is 0 Å². The normalized spacial score (nSPS) is 18.2. The van der Waals surface area contributed by atoms with Gasteiger partial charge in [-0.2, -0.15) is 0 Å². The molecule has 0 fully saturated rings. The molecule has 0 heterocycles. The van der Waals surface area contributed by atoms with Gasteiger partial charge in [0.15, 0.2) is 28.9 Å². The minimum Gasteiger partial charge on any atom is -0.511 e. The summed E-state index contributed by atoms with van der Waals surface area (Å²) >= 11 is 0. The number of aliphatic hydroxyl groups is 4. The number of carbonyl (C=O) groups is 5. The fourth-order valence-electron chi connectivity index (χ4n) is 5.56. The van der Waals surface area contributed by atoms with Crippen molar-refractivity contribution in [2.45, 2.75) is 80.6 Å². The van der Waals surface area contributed by atoms with Crippen LogP contribution in [-0.2, 0) is 32.0 Å². The minimum atomic E-state index is -1.70. The quantitative estimate of drug-likeness (QED) is 0.136. The van der Waals surface area contributed by atoms with E-state index in [1.165, 1.54) is 34.6 Å². The van der Waals surface area contributed by atoms with Gasteiger partial charge >= 0.3 is 0 Å². The van der Waals surface area contributed by atoms with Gasteiger partial charge < -0.3 is 35.7 Å². The Morgan fingerprint density at radius 1 is 0.622 bits per heavy atom. The van der Waals surface area contributed by atoms with E-state index in [0.717, 1.165) is 6.92 Å². The first-order chi connectivity index (χ1) is 20.7. The highest BCUT2D eigenvalue weighted by atomic mass is 16.3. The second-order valence-corrected chi connectivity index (χ2v) is 12.2. The van der Waals surface area contributed by atoms with Crippen molar-refractivity contribution in [1.29, 1.82) is 0 Å². The number of benzene rings is 1. The maximum Gasteiger partial charge on any atom is 0.183 e. The Bertz CT molecular complexity index is 1690. The summed E-state index contributed by atoms with van der Waals surface area (Å²) in [6, 6.07) is 0. The molecule has 0 aliphatic heterocycles. The minimum absolute atomic E-state index is 0.165. The SMILES string of the molecule is CCCC(=O)c1c(O)c(CC2=C(O)C(C)(C)C(=O)C(C(C)=O)=C2O)c(O)c(CC2=C(O)C(C)(C)C(=O)C(C(=O)CC)=C2O)c1O. The van der Waals surface area contributed by atoms with E-state index in [1.54, 1.807) is 6.92 Å². The molecule has 0 amide bonds. The van der Waals surface area contributed by atoms with Gasteiger partial charge in [0.05, 0.1) is 10.8 Å². The smallest absolute Gasteiger partial charge is 0.183 e. The van der Waals surface area contributed by atoms with E-state index in [-0.39, 0.29) is 19.3 Å². The van der Waals surface area contributed by atoms with Crippen LogP contribution in [0.1, 0.15) is 89.2 Å². The summed E-state index contributed by atoms with van der Waals surface area (Å²) in [7, 11) is 0. The monoisotopic (exact) mass is 626 g/mol. The molecular formula is C33H38O12. The van der Waals surface area contributed by atoms with Gasteiger partial charge in [-0.1, -0.05) is 13.8 Å². The topological polar surface area (TPSA) is 227 Å². The van der Waals surface area contributed by atoms with Crippen LogP contribution in [0.4, 0.5) is 0 Å². The highest BCUT2D eigenvalue weighted by molar-refractivity contribution is 6.24. The average Bonchev–Trinajstić information content (AvgIpc) is 2.95.